The minimum atomic E-state index is 0.148. The van der Waals surface area contributed by atoms with Crippen molar-refractivity contribution in [2.75, 3.05) is 6.54 Å². The first-order chi connectivity index (χ1) is 10.3. The first-order valence-corrected chi connectivity index (χ1v) is 7.28. The molecule has 0 radical (unpaired) electrons. The fourth-order valence-electron chi connectivity index (χ4n) is 2.55. The van der Waals surface area contributed by atoms with Crippen molar-refractivity contribution in [3.8, 4) is 0 Å². The molecule has 0 saturated heterocycles. The van der Waals surface area contributed by atoms with Gasteiger partial charge >= 0.3 is 0 Å². The highest BCUT2D eigenvalue weighted by molar-refractivity contribution is 5.79. The Labute approximate surface area is 125 Å². The predicted octanol–water partition coefficient (Wildman–Crippen LogP) is 3.64. The van der Waals surface area contributed by atoms with E-state index in [0.29, 0.717) is 0 Å². The van der Waals surface area contributed by atoms with Gasteiger partial charge in [0.25, 0.3) is 0 Å². The number of benzene rings is 1. The number of aromatic nitrogens is 2. The molecule has 106 valence electrons. The molecule has 3 rings (SSSR count). The fraction of sp³-hybridized carbons (Fsp3) is 0.222. The number of nitrogens with zero attached hydrogens (tertiary/aromatic N) is 2. The number of hydrogen-bond acceptors (Lipinski definition) is 3. The smallest absolute Gasteiger partial charge is 0.0705 e. The zero-order valence-corrected chi connectivity index (χ0v) is 12.4. The van der Waals surface area contributed by atoms with Crippen molar-refractivity contribution in [2.45, 2.75) is 19.9 Å². The van der Waals surface area contributed by atoms with E-state index in [1.807, 2.05) is 25.4 Å². The Kier molecular flexibility index (Phi) is 3.93. The number of nitrogens with one attached hydrogen (secondary N) is 1. The Morgan fingerprint density at radius 3 is 2.67 bits per heavy atom. The van der Waals surface area contributed by atoms with Crippen LogP contribution in [0.5, 0.6) is 0 Å². The molecule has 0 aliphatic rings. The number of fused-ring (bicyclic) bond motifs is 1. The first kappa shape index (κ1) is 13.7. The molecule has 0 amide bonds. The van der Waals surface area contributed by atoms with Crippen LogP contribution in [-0.2, 0) is 0 Å². The van der Waals surface area contributed by atoms with Crippen molar-refractivity contribution < 1.29 is 0 Å². The lowest BCUT2D eigenvalue weighted by molar-refractivity contribution is 0.629. The normalized spacial score (nSPS) is 12.5. The van der Waals surface area contributed by atoms with E-state index < -0.39 is 0 Å². The predicted molar refractivity (Wildman–Crippen MR) is 86.2 cm³/mol. The molecular formula is C18H19N3. The highest BCUT2D eigenvalue weighted by Gasteiger charge is 2.13. The van der Waals surface area contributed by atoms with Gasteiger partial charge in [-0.15, -0.1) is 0 Å². The molecule has 2 heterocycles. The molecule has 0 aliphatic carbocycles. The molecule has 3 heteroatoms. The summed E-state index contributed by atoms with van der Waals surface area (Å²) in [4.78, 5) is 8.86. The summed E-state index contributed by atoms with van der Waals surface area (Å²) < 4.78 is 0. The van der Waals surface area contributed by atoms with Crippen LogP contribution in [0.2, 0.25) is 0 Å². The lowest BCUT2D eigenvalue weighted by Crippen LogP contribution is -2.22. The summed E-state index contributed by atoms with van der Waals surface area (Å²) >= 11 is 0. The van der Waals surface area contributed by atoms with E-state index in [9.17, 15) is 0 Å². The molecule has 1 N–H and O–H groups in total. The molecule has 21 heavy (non-hydrogen) atoms. The van der Waals surface area contributed by atoms with Crippen LogP contribution in [0.25, 0.3) is 10.9 Å². The maximum Gasteiger partial charge on any atom is 0.0705 e. The van der Waals surface area contributed by atoms with Crippen LogP contribution in [0, 0.1) is 6.92 Å². The third kappa shape index (κ3) is 2.93. The molecular weight excluding hydrogens is 258 g/mol. The lowest BCUT2D eigenvalue weighted by atomic mass is 9.98. The molecule has 3 nitrogen and oxygen atoms in total. The van der Waals surface area contributed by atoms with Crippen molar-refractivity contribution in [2.24, 2.45) is 0 Å². The van der Waals surface area contributed by atoms with E-state index >= 15 is 0 Å². The second-order valence-corrected chi connectivity index (χ2v) is 5.18. The Morgan fingerprint density at radius 1 is 1.05 bits per heavy atom. The van der Waals surface area contributed by atoms with Gasteiger partial charge in [-0.2, -0.15) is 0 Å². The second-order valence-electron chi connectivity index (χ2n) is 5.18. The molecule has 0 fully saturated rings. The van der Waals surface area contributed by atoms with Gasteiger partial charge in [0.05, 0.1) is 11.6 Å². The Bertz CT molecular complexity index is 735. The van der Waals surface area contributed by atoms with Crippen LogP contribution in [0.4, 0.5) is 0 Å². The SMILES string of the molecule is CCNC(c1ccc(C)nc1)c1ccc2cccnc2c1. The number of aryl methyl sites for hydroxylation is 1. The van der Waals surface area contributed by atoms with E-state index in [1.165, 1.54) is 16.5 Å². The minimum Gasteiger partial charge on any atom is -0.306 e. The summed E-state index contributed by atoms with van der Waals surface area (Å²) in [6, 6.07) is 14.8. The quantitative estimate of drug-likeness (QED) is 0.791. The average molecular weight is 277 g/mol. The maximum absolute atomic E-state index is 4.45. The van der Waals surface area contributed by atoms with Gasteiger partial charge in [0.1, 0.15) is 0 Å². The first-order valence-electron chi connectivity index (χ1n) is 7.28. The summed E-state index contributed by atoms with van der Waals surface area (Å²) in [5.74, 6) is 0. The van der Waals surface area contributed by atoms with E-state index in [1.54, 1.807) is 0 Å². The number of pyridine rings is 2. The molecule has 0 bridgehead atoms. The van der Waals surface area contributed by atoms with Crippen LogP contribution in [0.15, 0.2) is 54.9 Å². The number of rotatable bonds is 4. The minimum absolute atomic E-state index is 0.148. The Balaban J connectivity index is 2.04. The average Bonchev–Trinajstić information content (AvgIpc) is 2.53. The summed E-state index contributed by atoms with van der Waals surface area (Å²) in [6.07, 6.45) is 3.78. The van der Waals surface area contributed by atoms with Crippen molar-refractivity contribution >= 4 is 10.9 Å². The summed E-state index contributed by atoms with van der Waals surface area (Å²) in [6.45, 7) is 5.03. The number of hydrogen-bond donors (Lipinski definition) is 1. The van der Waals surface area contributed by atoms with Gasteiger partial charge in [-0.3, -0.25) is 9.97 Å². The van der Waals surface area contributed by atoms with Crippen LogP contribution in [0.1, 0.15) is 29.8 Å². The molecule has 1 aromatic carbocycles. The van der Waals surface area contributed by atoms with Gasteiger partial charge in [-0.1, -0.05) is 31.2 Å². The van der Waals surface area contributed by atoms with Crippen molar-refractivity contribution in [1.29, 1.82) is 0 Å². The highest BCUT2D eigenvalue weighted by atomic mass is 14.9. The van der Waals surface area contributed by atoms with Gasteiger partial charge in [0.15, 0.2) is 0 Å². The molecule has 3 aromatic rings. The van der Waals surface area contributed by atoms with E-state index in [0.717, 1.165) is 17.8 Å². The van der Waals surface area contributed by atoms with Crippen LogP contribution in [0.3, 0.4) is 0 Å². The summed E-state index contributed by atoms with van der Waals surface area (Å²) in [5, 5.41) is 4.70. The largest absolute Gasteiger partial charge is 0.306 e. The van der Waals surface area contributed by atoms with Gasteiger partial charge in [-0.05, 0) is 42.8 Å². The molecule has 2 aromatic heterocycles. The van der Waals surface area contributed by atoms with Crippen molar-refractivity contribution in [3.05, 3.63) is 71.7 Å². The summed E-state index contributed by atoms with van der Waals surface area (Å²) in [7, 11) is 0. The molecule has 1 unspecified atom stereocenters. The van der Waals surface area contributed by atoms with E-state index in [2.05, 4.69) is 58.6 Å². The van der Waals surface area contributed by atoms with E-state index in [-0.39, 0.29) is 6.04 Å². The van der Waals surface area contributed by atoms with E-state index in [4.69, 9.17) is 0 Å². The fourth-order valence-corrected chi connectivity index (χ4v) is 2.55. The molecule has 0 aliphatic heterocycles. The topological polar surface area (TPSA) is 37.8 Å². The summed E-state index contributed by atoms with van der Waals surface area (Å²) in [5.41, 5.74) is 4.46. The standard InChI is InChI=1S/C18H19N3/c1-3-19-18(16-7-6-13(2)21-12-16)15-9-8-14-5-4-10-20-17(14)11-15/h4-12,18-19H,3H2,1-2H3. The second kappa shape index (κ2) is 6.02. The van der Waals surface area contributed by atoms with Crippen molar-refractivity contribution in [3.63, 3.8) is 0 Å². The van der Waals surface area contributed by atoms with Gasteiger partial charge < -0.3 is 5.32 Å². The molecule has 0 saturated carbocycles. The maximum atomic E-state index is 4.45. The zero-order chi connectivity index (χ0) is 14.7. The third-order valence-corrected chi connectivity index (χ3v) is 3.64. The van der Waals surface area contributed by atoms with Crippen molar-refractivity contribution in [1.82, 2.24) is 15.3 Å². The zero-order valence-electron chi connectivity index (χ0n) is 12.4. The van der Waals surface area contributed by atoms with Crippen LogP contribution < -0.4 is 5.32 Å². The van der Waals surface area contributed by atoms with Gasteiger partial charge in [-0.25, -0.2) is 0 Å². The van der Waals surface area contributed by atoms with Crippen LogP contribution >= 0.6 is 0 Å². The molecule has 0 spiro atoms. The highest BCUT2D eigenvalue weighted by Crippen LogP contribution is 2.24. The monoisotopic (exact) mass is 277 g/mol. The Morgan fingerprint density at radius 2 is 1.90 bits per heavy atom. The molecule has 1 atom stereocenters. The third-order valence-electron chi connectivity index (χ3n) is 3.64. The Hall–Kier alpha value is -2.26. The van der Waals surface area contributed by atoms with Gasteiger partial charge in [0.2, 0.25) is 0 Å². The van der Waals surface area contributed by atoms with Crippen LogP contribution in [-0.4, -0.2) is 16.5 Å². The van der Waals surface area contributed by atoms with Gasteiger partial charge in [0, 0.05) is 23.5 Å². The lowest BCUT2D eigenvalue weighted by Gasteiger charge is -2.19.